The van der Waals surface area contributed by atoms with E-state index in [4.69, 9.17) is 5.26 Å². The third-order valence-corrected chi connectivity index (χ3v) is 4.79. The molecule has 1 aliphatic rings. The second-order valence-corrected chi connectivity index (χ2v) is 6.46. The summed E-state index contributed by atoms with van der Waals surface area (Å²) in [7, 11) is 0. The van der Waals surface area contributed by atoms with Crippen molar-refractivity contribution < 1.29 is 5.11 Å². The number of aromatic amines is 1. The van der Waals surface area contributed by atoms with Gasteiger partial charge in [0.2, 0.25) is 0 Å². The third kappa shape index (κ3) is 3.17. The quantitative estimate of drug-likeness (QED) is 0.773. The van der Waals surface area contributed by atoms with Gasteiger partial charge in [0.1, 0.15) is 5.75 Å². The Balaban J connectivity index is 1.42. The first-order valence-electron chi connectivity index (χ1n) is 8.50. The number of piperazine rings is 1. The van der Waals surface area contributed by atoms with Gasteiger partial charge in [0.15, 0.2) is 0 Å². The predicted molar refractivity (Wildman–Crippen MR) is 98.6 cm³/mol. The highest BCUT2D eigenvalue weighted by atomic mass is 16.3. The van der Waals surface area contributed by atoms with Crippen LogP contribution in [-0.2, 0) is 6.54 Å². The van der Waals surface area contributed by atoms with E-state index in [1.807, 2.05) is 36.4 Å². The van der Waals surface area contributed by atoms with Crippen molar-refractivity contribution >= 4 is 16.6 Å². The molecular formula is C20H20N4O. The Kier molecular flexibility index (Phi) is 4.04. The Hall–Kier alpha value is -2.97. The molecule has 5 nitrogen and oxygen atoms in total. The first-order chi connectivity index (χ1) is 12.2. The summed E-state index contributed by atoms with van der Waals surface area (Å²) in [4.78, 5) is 8.08. The molecule has 2 aromatic carbocycles. The van der Waals surface area contributed by atoms with Gasteiger partial charge in [-0.25, -0.2) is 0 Å². The van der Waals surface area contributed by atoms with Gasteiger partial charge in [0, 0.05) is 49.3 Å². The van der Waals surface area contributed by atoms with Gasteiger partial charge in [-0.05, 0) is 36.4 Å². The van der Waals surface area contributed by atoms with Gasteiger partial charge in [-0.2, -0.15) is 5.26 Å². The van der Waals surface area contributed by atoms with Crippen LogP contribution in [0.1, 0.15) is 11.3 Å². The monoisotopic (exact) mass is 332 g/mol. The highest BCUT2D eigenvalue weighted by Crippen LogP contribution is 2.27. The number of aromatic nitrogens is 1. The van der Waals surface area contributed by atoms with Gasteiger partial charge in [-0.1, -0.05) is 12.1 Å². The zero-order valence-electron chi connectivity index (χ0n) is 13.9. The molecule has 0 bridgehead atoms. The van der Waals surface area contributed by atoms with Crippen molar-refractivity contribution in [1.82, 2.24) is 9.88 Å². The SMILES string of the molecule is N#Cc1ccc2[nH]c(CN3CCN(c4ccccc4O)CC3)cc2c1. The van der Waals surface area contributed by atoms with E-state index in [1.165, 1.54) is 5.69 Å². The molecule has 0 saturated carbocycles. The highest BCUT2D eigenvalue weighted by molar-refractivity contribution is 5.81. The van der Waals surface area contributed by atoms with Gasteiger partial charge in [0.05, 0.1) is 17.3 Å². The van der Waals surface area contributed by atoms with Gasteiger partial charge in [-0.3, -0.25) is 4.90 Å². The van der Waals surface area contributed by atoms with E-state index in [9.17, 15) is 5.11 Å². The number of nitrogens with zero attached hydrogens (tertiary/aromatic N) is 3. The lowest BCUT2D eigenvalue weighted by atomic mass is 10.2. The molecule has 4 rings (SSSR count). The standard InChI is InChI=1S/C20H20N4O/c21-13-15-5-6-18-16(11-15)12-17(22-18)14-23-7-9-24(10-8-23)19-3-1-2-4-20(19)25/h1-6,11-12,22,25H,7-10,14H2. The molecule has 3 aromatic rings. The minimum absolute atomic E-state index is 0.347. The molecule has 2 N–H and O–H groups in total. The van der Waals surface area contributed by atoms with Gasteiger partial charge >= 0.3 is 0 Å². The fourth-order valence-electron chi connectivity index (χ4n) is 3.47. The molecule has 1 aromatic heterocycles. The molecule has 0 spiro atoms. The lowest BCUT2D eigenvalue weighted by molar-refractivity contribution is 0.247. The Morgan fingerprint density at radius 3 is 2.60 bits per heavy atom. The van der Waals surface area contributed by atoms with Crippen LogP contribution in [0.15, 0.2) is 48.5 Å². The lowest BCUT2D eigenvalue weighted by Crippen LogP contribution is -2.46. The highest BCUT2D eigenvalue weighted by Gasteiger charge is 2.19. The van der Waals surface area contributed by atoms with Crippen molar-refractivity contribution in [2.75, 3.05) is 31.1 Å². The number of anilines is 1. The number of aromatic hydroxyl groups is 1. The Bertz CT molecular complexity index is 932. The number of para-hydroxylation sites is 2. The minimum Gasteiger partial charge on any atom is -0.506 e. The average molecular weight is 332 g/mol. The maximum absolute atomic E-state index is 10.0. The molecule has 0 radical (unpaired) electrons. The number of hydrogen-bond acceptors (Lipinski definition) is 4. The summed E-state index contributed by atoms with van der Waals surface area (Å²) in [6.07, 6.45) is 0. The third-order valence-electron chi connectivity index (χ3n) is 4.79. The number of phenols is 1. The van der Waals surface area contributed by atoms with Crippen LogP contribution in [0, 0.1) is 11.3 Å². The zero-order chi connectivity index (χ0) is 17.2. The Morgan fingerprint density at radius 1 is 1.04 bits per heavy atom. The average Bonchev–Trinajstić information content (AvgIpc) is 3.04. The molecule has 1 fully saturated rings. The van der Waals surface area contributed by atoms with Crippen molar-refractivity contribution in [2.45, 2.75) is 6.54 Å². The van der Waals surface area contributed by atoms with Crippen molar-refractivity contribution in [2.24, 2.45) is 0 Å². The molecule has 126 valence electrons. The summed E-state index contributed by atoms with van der Waals surface area (Å²) in [5, 5.41) is 20.1. The largest absolute Gasteiger partial charge is 0.506 e. The van der Waals surface area contributed by atoms with Crippen molar-refractivity contribution in [3.05, 3.63) is 59.8 Å². The van der Waals surface area contributed by atoms with Crippen LogP contribution in [0.3, 0.4) is 0 Å². The van der Waals surface area contributed by atoms with Crippen LogP contribution in [0.4, 0.5) is 5.69 Å². The lowest BCUT2D eigenvalue weighted by Gasteiger charge is -2.36. The van der Waals surface area contributed by atoms with Crippen LogP contribution in [0.25, 0.3) is 10.9 Å². The van der Waals surface area contributed by atoms with E-state index in [-0.39, 0.29) is 0 Å². The molecule has 1 aliphatic heterocycles. The number of H-pyrrole nitrogens is 1. The number of hydrogen-bond donors (Lipinski definition) is 2. The molecule has 0 unspecified atom stereocenters. The van der Waals surface area contributed by atoms with Gasteiger partial charge < -0.3 is 15.0 Å². The maximum atomic E-state index is 10.0. The van der Waals surface area contributed by atoms with Gasteiger partial charge in [-0.15, -0.1) is 0 Å². The van der Waals surface area contributed by atoms with Gasteiger partial charge in [0.25, 0.3) is 0 Å². The van der Waals surface area contributed by atoms with Crippen LogP contribution >= 0.6 is 0 Å². The van der Waals surface area contributed by atoms with Crippen LogP contribution in [0.2, 0.25) is 0 Å². The molecule has 1 saturated heterocycles. The number of fused-ring (bicyclic) bond motifs is 1. The molecule has 5 heteroatoms. The molecule has 2 heterocycles. The minimum atomic E-state index is 0.347. The molecule has 0 atom stereocenters. The molecule has 0 amide bonds. The molecule has 0 aliphatic carbocycles. The fourth-order valence-corrected chi connectivity index (χ4v) is 3.47. The first-order valence-corrected chi connectivity index (χ1v) is 8.50. The summed E-state index contributed by atoms with van der Waals surface area (Å²) >= 11 is 0. The predicted octanol–water partition coefficient (Wildman–Crippen LogP) is 3.07. The van der Waals surface area contributed by atoms with Crippen molar-refractivity contribution in [3.8, 4) is 11.8 Å². The second kappa shape index (κ2) is 6.50. The number of nitriles is 1. The smallest absolute Gasteiger partial charge is 0.138 e. The number of benzene rings is 2. The molecular weight excluding hydrogens is 312 g/mol. The number of phenolic OH excluding ortho intramolecular Hbond substituents is 1. The van der Waals surface area contributed by atoms with E-state index in [0.717, 1.165) is 49.3 Å². The number of nitrogens with one attached hydrogen (secondary N) is 1. The Morgan fingerprint density at radius 2 is 1.84 bits per heavy atom. The van der Waals surface area contributed by atoms with E-state index >= 15 is 0 Å². The molecule has 25 heavy (non-hydrogen) atoms. The normalized spacial score (nSPS) is 15.4. The summed E-state index contributed by atoms with van der Waals surface area (Å²) in [6.45, 7) is 4.57. The van der Waals surface area contributed by atoms with E-state index < -0.39 is 0 Å². The first kappa shape index (κ1) is 15.6. The van der Waals surface area contributed by atoms with E-state index in [2.05, 4.69) is 26.9 Å². The second-order valence-electron chi connectivity index (χ2n) is 6.46. The Labute approximate surface area is 146 Å². The summed E-state index contributed by atoms with van der Waals surface area (Å²) in [5.41, 5.74) is 3.84. The van der Waals surface area contributed by atoms with E-state index in [1.54, 1.807) is 6.07 Å². The van der Waals surface area contributed by atoms with Crippen molar-refractivity contribution in [3.63, 3.8) is 0 Å². The van der Waals surface area contributed by atoms with E-state index in [0.29, 0.717) is 11.3 Å². The maximum Gasteiger partial charge on any atom is 0.138 e. The summed E-state index contributed by atoms with van der Waals surface area (Å²) < 4.78 is 0. The summed E-state index contributed by atoms with van der Waals surface area (Å²) in [6, 6.07) is 17.6. The van der Waals surface area contributed by atoms with Crippen LogP contribution in [0.5, 0.6) is 5.75 Å². The van der Waals surface area contributed by atoms with Crippen LogP contribution < -0.4 is 4.90 Å². The van der Waals surface area contributed by atoms with Crippen molar-refractivity contribution in [1.29, 1.82) is 5.26 Å². The topological polar surface area (TPSA) is 66.3 Å². The van der Waals surface area contributed by atoms with Crippen LogP contribution in [-0.4, -0.2) is 41.2 Å². The fraction of sp³-hybridized carbons (Fsp3) is 0.250. The zero-order valence-corrected chi connectivity index (χ0v) is 13.9. The number of rotatable bonds is 3. The summed E-state index contributed by atoms with van der Waals surface area (Å²) in [5.74, 6) is 0.347.